The van der Waals surface area contributed by atoms with E-state index in [0.29, 0.717) is 10.8 Å². The Bertz CT molecular complexity index is 1130. The summed E-state index contributed by atoms with van der Waals surface area (Å²) in [5, 5.41) is 5.10. The standard InChI is InChI=1S/C23H21N3O4/c1-14-9-11-15(12-10-14)25-13-18(19(24-25)23(2,3)4)22(29)30-26-20(27)16-7-5-6-8-17(16)21(26)28/h5-13H,1-4H3. The van der Waals surface area contributed by atoms with Gasteiger partial charge < -0.3 is 4.84 Å². The van der Waals surface area contributed by atoms with Crippen LogP contribution in [0.15, 0.2) is 54.7 Å². The molecule has 7 nitrogen and oxygen atoms in total. The molecule has 0 saturated heterocycles. The van der Waals surface area contributed by atoms with Crippen molar-refractivity contribution in [3.8, 4) is 5.69 Å². The van der Waals surface area contributed by atoms with Crippen LogP contribution in [0.3, 0.4) is 0 Å². The highest BCUT2D eigenvalue weighted by Gasteiger charge is 2.40. The molecule has 7 heteroatoms. The number of nitrogens with zero attached hydrogens (tertiary/aromatic N) is 3. The molecule has 4 rings (SSSR count). The molecule has 0 spiro atoms. The number of benzene rings is 2. The summed E-state index contributed by atoms with van der Waals surface area (Å²) in [7, 11) is 0. The molecule has 152 valence electrons. The first-order chi connectivity index (χ1) is 14.2. The van der Waals surface area contributed by atoms with E-state index in [4.69, 9.17) is 4.84 Å². The molecular formula is C23H21N3O4. The van der Waals surface area contributed by atoms with Crippen LogP contribution in [0.5, 0.6) is 0 Å². The molecule has 0 radical (unpaired) electrons. The number of carbonyl (C=O) groups is 3. The van der Waals surface area contributed by atoms with Crippen molar-refractivity contribution in [1.82, 2.24) is 14.8 Å². The van der Waals surface area contributed by atoms with Gasteiger partial charge in [0.1, 0.15) is 5.56 Å². The second-order valence-corrected chi connectivity index (χ2v) is 8.25. The second-order valence-electron chi connectivity index (χ2n) is 8.25. The number of hydrogen-bond donors (Lipinski definition) is 0. The number of amides is 2. The molecule has 0 N–H and O–H groups in total. The highest BCUT2D eigenvalue weighted by molar-refractivity contribution is 6.21. The van der Waals surface area contributed by atoms with Crippen LogP contribution < -0.4 is 0 Å². The molecule has 1 aliphatic rings. The summed E-state index contributed by atoms with van der Waals surface area (Å²) in [4.78, 5) is 43.3. The highest BCUT2D eigenvalue weighted by atomic mass is 16.7. The molecule has 2 amide bonds. The monoisotopic (exact) mass is 403 g/mol. The maximum atomic E-state index is 13.0. The van der Waals surface area contributed by atoms with Crippen LogP contribution in [-0.4, -0.2) is 32.6 Å². The zero-order valence-electron chi connectivity index (χ0n) is 17.2. The molecule has 0 aliphatic carbocycles. The van der Waals surface area contributed by atoms with Crippen LogP contribution in [-0.2, 0) is 10.3 Å². The van der Waals surface area contributed by atoms with Crippen molar-refractivity contribution < 1.29 is 19.2 Å². The number of carbonyl (C=O) groups excluding carboxylic acids is 3. The number of rotatable bonds is 3. The zero-order valence-corrected chi connectivity index (χ0v) is 17.2. The summed E-state index contributed by atoms with van der Waals surface area (Å²) in [5.41, 5.74) is 2.54. The van der Waals surface area contributed by atoms with Gasteiger partial charge in [0.05, 0.1) is 22.5 Å². The Hall–Kier alpha value is -3.74. The summed E-state index contributed by atoms with van der Waals surface area (Å²) >= 11 is 0. The molecule has 30 heavy (non-hydrogen) atoms. The number of imide groups is 1. The van der Waals surface area contributed by atoms with E-state index in [9.17, 15) is 14.4 Å². The van der Waals surface area contributed by atoms with Crippen molar-refractivity contribution in [2.24, 2.45) is 0 Å². The van der Waals surface area contributed by atoms with E-state index < -0.39 is 23.2 Å². The third-order valence-electron chi connectivity index (χ3n) is 4.87. The topological polar surface area (TPSA) is 81.5 Å². The Balaban J connectivity index is 1.68. The van der Waals surface area contributed by atoms with E-state index >= 15 is 0 Å². The van der Waals surface area contributed by atoms with Crippen LogP contribution >= 0.6 is 0 Å². The third-order valence-corrected chi connectivity index (χ3v) is 4.87. The fourth-order valence-electron chi connectivity index (χ4n) is 3.29. The zero-order chi connectivity index (χ0) is 21.6. The second kappa shape index (κ2) is 6.95. The molecule has 0 fully saturated rings. The first kappa shape index (κ1) is 19.6. The van der Waals surface area contributed by atoms with E-state index in [2.05, 4.69) is 5.10 Å². The smallest absolute Gasteiger partial charge is 0.324 e. The fraction of sp³-hybridized carbons (Fsp3) is 0.217. The molecular weight excluding hydrogens is 382 g/mol. The summed E-state index contributed by atoms with van der Waals surface area (Å²) in [6, 6.07) is 14.0. The number of aromatic nitrogens is 2. The van der Waals surface area contributed by atoms with Gasteiger partial charge in [-0.2, -0.15) is 5.10 Å². The predicted octanol–water partition coefficient (Wildman–Crippen LogP) is 3.85. The summed E-state index contributed by atoms with van der Waals surface area (Å²) in [6.07, 6.45) is 1.56. The maximum absolute atomic E-state index is 13.0. The lowest BCUT2D eigenvalue weighted by atomic mass is 9.90. The Labute approximate surface area is 173 Å². The van der Waals surface area contributed by atoms with Gasteiger partial charge in [-0.15, -0.1) is 0 Å². The lowest BCUT2D eigenvalue weighted by Crippen LogP contribution is -2.33. The number of fused-ring (bicyclic) bond motifs is 1. The predicted molar refractivity (Wildman–Crippen MR) is 109 cm³/mol. The van der Waals surface area contributed by atoms with Crippen LogP contribution in [0.25, 0.3) is 5.69 Å². The Morgan fingerprint density at radius 3 is 2.03 bits per heavy atom. The van der Waals surface area contributed by atoms with Gasteiger partial charge in [0.15, 0.2) is 0 Å². The minimum absolute atomic E-state index is 0.194. The van der Waals surface area contributed by atoms with Crippen molar-refractivity contribution in [1.29, 1.82) is 0 Å². The lowest BCUT2D eigenvalue weighted by Gasteiger charge is -2.18. The molecule has 1 aromatic heterocycles. The average Bonchev–Trinajstić information content (AvgIpc) is 3.26. The highest BCUT2D eigenvalue weighted by Crippen LogP contribution is 2.28. The van der Waals surface area contributed by atoms with E-state index in [0.717, 1.165) is 11.3 Å². The number of aryl methyl sites for hydroxylation is 1. The van der Waals surface area contributed by atoms with Gasteiger partial charge >= 0.3 is 5.97 Å². The minimum atomic E-state index is -0.812. The van der Waals surface area contributed by atoms with Gasteiger partial charge in [0, 0.05) is 11.6 Å². The van der Waals surface area contributed by atoms with Gasteiger partial charge in [-0.1, -0.05) is 55.7 Å². The van der Waals surface area contributed by atoms with Crippen LogP contribution in [0.1, 0.15) is 63.1 Å². The van der Waals surface area contributed by atoms with E-state index in [1.165, 1.54) is 12.1 Å². The Morgan fingerprint density at radius 2 is 1.50 bits per heavy atom. The van der Waals surface area contributed by atoms with Gasteiger partial charge in [0.25, 0.3) is 11.8 Å². The molecule has 0 bridgehead atoms. The van der Waals surface area contributed by atoms with Gasteiger partial charge in [-0.25, -0.2) is 9.48 Å². The number of hydroxylamine groups is 2. The fourth-order valence-corrected chi connectivity index (χ4v) is 3.29. The summed E-state index contributed by atoms with van der Waals surface area (Å²) in [6.45, 7) is 7.76. The van der Waals surface area contributed by atoms with Crippen molar-refractivity contribution >= 4 is 17.8 Å². The van der Waals surface area contributed by atoms with Crippen LogP contribution in [0.4, 0.5) is 0 Å². The molecule has 2 aromatic carbocycles. The third kappa shape index (κ3) is 3.28. The first-order valence-electron chi connectivity index (χ1n) is 9.54. The molecule has 3 aromatic rings. The van der Waals surface area contributed by atoms with E-state index in [1.807, 2.05) is 52.0 Å². The average molecular weight is 403 g/mol. The maximum Gasteiger partial charge on any atom is 0.367 e. The van der Waals surface area contributed by atoms with E-state index in [1.54, 1.807) is 23.0 Å². The Morgan fingerprint density at radius 1 is 0.933 bits per heavy atom. The SMILES string of the molecule is Cc1ccc(-n2cc(C(=O)ON3C(=O)c4ccccc4C3=O)c(C(C)(C)C)n2)cc1. The van der Waals surface area contributed by atoms with Crippen molar-refractivity contribution in [3.05, 3.63) is 82.7 Å². The largest absolute Gasteiger partial charge is 0.367 e. The van der Waals surface area contributed by atoms with Gasteiger partial charge in [0.2, 0.25) is 0 Å². The summed E-state index contributed by atoms with van der Waals surface area (Å²) < 4.78 is 1.60. The van der Waals surface area contributed by atoms with Gasteiger partial charge in [-0.05, 0) is 31.2 Å². The Kier molecular flexibility index (Phi) is 4.53. The molecule has 1 aliphatic heterocycles. The summed E-state index contributed by atoms with van der Waals surface area (Å²) in [5.74, 6) is -2.13. The first-order valence-corrected chi connectivity index (χ1v) is 9.54. The molecule has 2 heterocycles. The van der Waals surface area contributed by atoms with Gasteiger partial charge in [-0.3, -0.25) is 9.59 Å². The molecule has 0 atom stereocenters. The van der Waals surface area contributed by atoms with Crippen molar-refractivity contribution in [3.63, 3.8) is 0 Å². The lowest BCUT2D eigenvalue weighted by molar-refractivity contribution is -0.0585. The van der Waals surface area contributed by atoms with Crippen molar-refractivity contribution in [2.45, 2.75) is 33.1 Å². The number of hydrogen-bond acceptors (Lipinski definition) is 5. The van der Waals surface area contributed by atoms with Crippen LogP contribution in [0.2, 0.25) is 0 Å². The normalized spacial score (nSPS) is 13.5. The molecule has 0 unspecified atom stereocenters. The van der Waals surface area contributed by atoms with Crippen molar-refractivity contribution in [2.75, 3.05) is 0 Å². The van der Waals surface area contributed by atoms with Crippen LogP contribution in [0, 0.1) is 6.92 Å². The van der Waals surface area contributed by atoms with E-state index in [-0.39, 0.29) is 16.7 Å². The quantitative estimate of drug-likeness (QED) is 0.621. The minimum Gasteiger partial charge on any atom is -0.324 e. The molecule has 0 saturated carbocycles.